The Hall–Kier alpha value is -2.13. The topological polar surface area (TPSA) is 95.7 Å². The first kappa shape index (κ1) is 24.0. The van der Waals surface area contributed by atoms with Crippen molar-refractivity contribution in [2.75, 3.05) is 0 Å². The lowest BCUT2D eigenvalue weighted by Gasteiger charge is -2.41. The molecule has 4 rings (SSSR count). The minimum atomic E-state index is -1.22. The van der Waals surface area contributed by atoms with E-state index in [1.54, 1.807) is 0 Å². The Morgan fingerprint density at radius 1 is 1.00 bits per heavy atom. The van der Waals surface area contributed by atoms with E-state index in [0.29, 0.717) is 44.6 Å². The van der Waals surface area contributed by atoms with Crippen molar-refractivity contribution in [1.29, 1.82) is 0 Å². The molecule has 2 heterocycles. The number of nitrogens with two attached hydrogens (primary N) is 1. The van der Waals surface area contributed by atoms with Crippen LogP contribution in [-0.2, 0) is 16.0 Å². The number of carbonyl (C=O) groups is 2. The largest absolute Gasteiger partial charge is 0.393 e. The van der Waals surface area contributed by atoms with Gasteiger partial charge in [-0.15, -0.1) is 0 Å². The summed E-state index contributed by atoms with van der Waals surface area (Å²) in [6, 6.07) is 0.951. The standard InChI is InChI=1S/C24H32F3N3O3/c25-19-11-21(27)20(26)9-13(19)10-22(28)14-7-16-3-4-17(8-14)30(16)24(33)12-23(32)29-15-1-5-18(31)6-2-15/h9,11,14-18,22,31H,1-8,10,12,28H2,(H,29,32)/t14?,15?,16?,17?,18?,22-/m1/s1. The zero-order valence-corrected chi connectivity index (χ0v) is 18.6. The number of halogens is 3. The molecule has 1 aromatic rings. The Labute approximate surface area is 191 Å². The minimum absolute atomic E-state index is 0.00542. The van der Waals surface area contributed by atoms with Gasteiger partial charge in [-0.05, 0) is 75.3 Å². The van der Waals surface area contributed by atoms with Crippen LogP contribution in [0.4, 0.5) is 13.2 Å². The highest BCUT2D eigenvalue weighted by atomic mass is 19.2. The normalized spacial score (nSPS) is 30.2. The highest BCUT2D eigenvalue weighted by Crippen LogP contribution is 2.40. The van der Waals surface area contributed by atoms with E-state index >= 15 is 0 Å². The molecule has 2 amide bonds. The molecule has 1 saturated carbocycles. The lowest BCUT2D eigenvalue weighted by atomic mass is 9.82. The molecule has 3 atom stereocenters. The molecule has 182 valence electrons. The average Bonchev–Trinajstić information content (AvgIpc) is 3.03. The maximum absolute atomic E-state index is 14.0. The average molecular weight is 468 g/mol. The van der Waals surface area contributed by atoms with Gasteiger partial charge in [-0.1, -0.05) is 0 Å². The predicted molar refractivity (Wildman–Crippen MR) is 115 cm³/mol. The van der Waals surface area contributed by atoms with Crippen molar-refractivity contribution in [3.05, 3.63) is 35.1 Å². The maximum atomic E-state index is 14.0. The number of nitrogens with one attached hydrogen (secondary N) is 1. The van der Waals surface area contributed by atoms with Crippen molar-refractivity contribution in [2.24, 2.45) is 11.7 Å². The Bertz CT molecular complexity index is 877. The van der Waals surface area contributed by atoms with Crippen LogP contribution in [-0.4, -0.2) is 52.1 Å². The van der Waals surface area contributed by atoms with Crippen LogP contribution < -0.4 is 11.1 Å². The van der Waals surface area contributed by atoms with Crippen LogP contribution in [0.15, 0.2) is 12.1 Å². The third kappa shape index (κ3) is 5.51. The molecule has 2 saturated heterocycles. The number of benzene rings is 1. The summed E-state index contributed by atoms with van der Waals surface area (Å²) in [5.41, 5.74) is 6.39. The van der Waals surface area contributed by atoms with Gasteiger partial charge in [-0.2, -0.15) is 0 Å². The third-order valence-corrected chi connectivity index (χ3v) is 7.58. The van der Waals surface area contributed by atoms with Crippen molar-refractivity contribution < 1.29 is 27.9 Å². The monoisotopic (exact) mass is 467 g/mol. The molecule has 4 N–H and O–H groups in total. The number of aliphatic hydroxyl groups is 1. The smallest absolute Gasteiger partial charge is 0.232 e. The molecule has 3 aliphatic rings. The predicted octanol–water partition coefficient (Wildman–Crippen LogP) is 2.55. The number of nitrogens with zero attached hydrogens (tertiary/aromatic N) is 1. The number of aliphatic hydroxyl groups excluding tert-OH is 1. The summed E-state index contributed by atoms with van der Waals surface area (Å²) in [4.78, 5) is 27.1. The summed E-state index contributed by atoms with van der Waals surface area (Å²) in [5, 5.41) is 12.5. The molecular weight excluding hydrogens is 435 g/mol. The molecule has 6 nitrogen and oxygen atoms in total. The van der Waals surface area contributed by atoms with Crippen molar-refractivity contribution in [3.63, 3.8) is 0 Å². The Kier molecular flexibility index (Phi) is 7.28. The van der Waals surface area contributed by atoms with Gasteiger partial charge in [0.15, 0.2) is 11.6 Å². The molecule has 1 aromatic carbocycles. The van der Waals surface area contributed by atoms with Crippen LogP contribution in [0.3, 0.4) is 0 Å². The van der Waals surface area contributed by atoms with Crippen LogP contribution in [0.1, 0.15) is 63.4 Å². The fourth-order valence-corrected chi connectivity index (χ4v) is 5.84. The third-order valence-electron chi connectivity index (χ3n) is 7.58. The Morgan fingerprint density at radius 2 is 1.61 bits per heavy atom. The highest BCUT2D eigenvalue weighted by Gasteiger charge is 2.44. The summed E-state index contributed by atoms with van der Waals surface area (Å²) in [5.74, 6) is -3.57. The number of hydrogen-bond acceptors (Lipinski definition) is 4. The van der Waals surface area contributed by atoms with E-state index < -0.39 is 23.5 Å². The zero-order chi connectivity index (χ0) is 23.7. The lowest BCUT2D eigenvalue weighted by Crippen LogP contribution is -2.51. The van der Waals surface area contributed by atoms with Crippen LogP contribution in [0.5, 0.6) is 0 Å². The maximum Gasteiger partial charge on any atom is 0.232 e. The van der Waals surface area contributed by atoms with Gasteiger partial charge in [-0.3, -0.25) is 9.59 Å². The van der Waals surface area contributed by atoms with E-state index in [9.17, 15) is 27.9 Å². The minimum Gasteiger partial charge on any atom is -0.393 e. The Balaban J connectivity index is 1.31. The Morgan fingerprint density at radius 3 is 2.24 bits per heavy atom. The van der Waals surface area contributed by atoms with Gasteiger partial charge in [-0.25, -0.2) is 13.2 Å². The number of carbonyl (C=O) groups excluding carboxylic acids is 2. The van der Waals surface area contributed by atoms with Crippen LogP contribution >= 0.6 is 0 Å². The summed E-state index contributed by atoms with van der Waals surface area (Å²) >= 11 is 0. The summed E-state index contributed by atoms with van der Waals surface area (Å²) in [6.07, 6.45) is 5.32. The first-order valence-electron chi connectivity index (χ1n) is 11.9. The number of hydrogen-bond donors (Lipinski definition) is 3. The van der Waals surface area contributed by atoms with Gasteiger partial charge in [0.2, 0.25) is 11.8 Å². The van der Waals surface area contributed by atoms with E-state index in [1.807, 2.05) is 4.90 Å². The highest BCUT2D eigenvalue weighted by molar-refractivity contribution is 5.97. The second-order valence-corrected chi connectivity index (χ2v) is 9.89. The quantitative estimate of drug-likeness (QED) is 0.443. The van der Waals surface area contributed by atoms with Crippen molar-refractivity contribution >= 4 is 11.8 Å². The van der Waals surface area contributed by atoms with Crippen molar-refractivity contribution in [2.45, 2.75) is 94.5 Å². The van der Waals surface area contributed by atoms with Crippen molar-refractivity contribution in [1.82, 2.24) is 10.2 Å². The van der Waals surface area contributed by atoms with Gasteiger partial charge in [0.05, 0.1) is 6.10 Å². The number of fused-ring (bicyclic) bond motifs is 2. The molecule has 2 bridgehead atoms. The molecule has 9 heteroatoms. The van der Waals surface area contributed by atoms with Gasteiger partial charge >= 0.3 is 0 Å². The van der Waals surface area contributed by atoms with Gasteiger partial charge in [0, 0.05) is 30.2 Å². The summed E-state index contributed by atoms with van der Waals surface area (Å²) in [7, 11) is 0. The molecule has 0 aromatic heterocycles. The number of piperidine rings is 1. The van der Waals surface area contributed by atoms with Gasteiger partial charge in [0.1, 0.15) is 12.2 Å². The first-order valence-corrected chi connectivity index (χ1v) is 11.9. The van der Waals surface area contributed by atoms with E-state index in [2.05, 4.69) is 5.32 Å². The molecule has 2 aliphatic heterocycles. The summed E-state index contributed by atoms with van der Waals surface area (Å²) < 4.78 is 40.8. The SMILES string of the molecule is N[C@H](Cc1cc(F)c(F)cc1F)C1CC2CCC(C1)N2C(=O)CC(=O)NC1CCC(O)CC1. The van der Waals surface area contributed by atoms with Crippen LogP contribution in [0.25, 0.3) is 0 Å². The van der Waals surface area contributed by atoms with E-state index in [-0.39, 0.29) is 60.4 Å². The fourth-order valence-electron chi connectivity index (χ4n) is 5.84. The van der Waals surface area contributed by atoms with Crippen LogP contribution in [0, 0.1) is 23.4 Å². The molecular formula is C24H32F3N3O3. The molecule has 1 aliphatic carbocycles. The first-order chi connectivity index (χ1) is 15.7. The molecule has 0 radical (unpaired) electrons. The van der Waals surface area contributed by atoms with Gasteiger partial charge in [0.25, 0.3) is 0 Å². The second kappa shape index (κ2) is 10.0. The molecule has 2 unspecified atom stereocenters. The van der Waals surface area contributed by atoms with Crippen LogP contribution in [0.2, 0.25) is 0 Å². The molecule has 0 spiro atoms. The zero-order valence-electron chi connectivity index (χ0n) is 18.6. The summed E-state index contributed by atoms with van der Waals surface area (Å²) in [6.45, 7) is 0. The fraction of sp³-hybridized carbons (Fsp3) is 0.667. The van der Waals surface area contributed by atoms with E-state index in [0.717, 1.165) is 18.9 Å². The number of amides is 2. The number of rotatable bonds is 6. The van der Waals surface area contributed by atoms with Crippen molar-refractivity contribution in [3.8, 4) is 0 Å². The molecule has 33 heavy (non-hydrogen) atoms. The van der Waals surface area contributed by atoms with E-state index in [4.69, 9.17) is 5.73 Å². The van der Waals surface area contributed by atoms with E-state index in [1.165, 1.54) is 0 Å². The lowest BCUT2D eigenvalue weighted by molar-refractivity contribution is -0.140. The second-order valence-electron chi connectivity index (χ2n) is 9.89. The van der Waals surface area contributed by atoms with Gasteiger partial charge < -0.3 is 21.1 Å². The molecule has 3 fully saturated rings.